The van der Waals surface area contributed by atoms with Crippen LogP contribution in [0, 0.1) is 11.3 Å². The van der Waals surface area contributed by atoms with Gasteiger partial charge in [0.1, 0.15) is 11.6 Å². The number of hydrogen-bond acceptors (Lipinski definition) is 2. The fourth-order valence-corrected chi connectivity index (χ4v) is 1.12. The number of carbonyl (C=O) groups is 1. The molecule has 0 radical (unpaired) electrons. The molecule has 14 heavy (non-hydrogen) atoms. The first-order valence-electron chi connectivity index (χ1n) is 3.80. The topological polar surface area (TPSA) is 66.9 Å². The van der Waals surface area contributed by atoms with Crippen molar-refractivity contribution in [3.05, 3.63) is 40.4 Å². The number of nitrogens with zero attached hydrogens (tertiary/aromatic N) is 1. The van der Waals surface area contributed by atoms with Crippen molar-refractivity contribution in [2.45, 2.75) is 0 Å². The zero-order chi connectivity index (χ0) is 10.6. The molecule has 1 aromatic rings. The molecule has 0 aromatic heterocycles. The van der Waals surface area contributed by atoms with Gasteiger partial charge in [-0.3, -0.25) is 4.79 Å². The molecule has 0 unspecified atom stereocenters. The molecule has 4 heteroatoms. The van der Waals surface area contributed by atoms with Crippen molar-refractivity contribution in [3.63, 3.8) is 0 Å². The average Bonchev–Trinajstić information content (AvgIpc) is 2.14. The van der Waals surface area contributed by atoms with Gasteiger partial charge < -0.3 is 5.73 Å². The van der Waals surface area contributed by atoms with E-state index in [1.807, 2.05) is 0 Å². The first kappa shape index (κ1) is 10.3. The maximum atomic E-state index is 10.7. The minimum Gasteiger partial charge on any atom is -0.365 e. The molecule has 0 saturated carbocycles. The van der Waals surface area contributed by atoms with Crippen LogP contribution in [0.1, 0.15) is 5.56 Å². The van der Waals surface area contributed by atoms with Crippen molar-refractivity contribution in [1.29, 1.82) is 5.26 Å². The second-order valence-corrected chi connectivity index (χ2v) is 3.03. The van der Waals surface area contributed by atoms with Crippen LogP contribution in [0.3, 0.4) is 0 Å². The molecular weight excluding hydrogens is 200 g/mol. The number of hydrogen-bond donors (Lipinski definition) is 1. The molecule has 0 aliphatic rings. The minimum atomic E-state index is -0.743. The summed E-state index contributed by atoms with van der Waals surface area (Å²) in [5.74, 6) is -0.743. The third-order valence-corrected chi connectivity index (χ3v) is 1.78. The van der Waals surface area contributed by atoms with E-state index in [0.29, 0.717) is 10.6 Å². The van der Waals surface area contributed by atoms with E-state index in [1.165, 1.54) is 6.08 Å². The zero-order valence-electron chi connectivity index (χ0n) is 7.20. The number of amides is 1. The quantitative estimate of drug-likeness (QED) is 0.592. The second-order valence-electron chi connectivity index (χ2n) is 2.59. The van der Waals surface area contributed by atoms with Crippen molar-refractivity contribution < 1.29 is 4.79 Å². The highest BCUT2D eigenvalue weighted by atomic mass is 35.5. The largest absolute Gasteiger partial charge is 0.365 e. The van der Waals surface area contributed by atoms with E-state index in [-0.39, 0.29) is 5.57 Å². The van der Waals surface area contributed by atoms with E-state index in [1.54, 1.807) is 30.3 Å². The van der Waals surface area contributed by atoms with Crippen molar-refractivity contribution in [1.82, 2.24) is 0 Å². The van der Waals surface area contributed by atoms with Crippen molar-refractivity contribution in [3.8, 4) is 6.07 Å². The maximum absolute atomic E-state index is 10.7. The van der Waals surface area contributed by atoms with Gasteiger partial charge in [0.05, 0.1) is 0 Å². The van der Waals surface area contributed by atoms with Crippen LogP contribution in [0.2, 0.25) is 5.02 Å². The molecular formula is C10H7ClN2O. The molecule has 0 bridgehead atoms. The molecule has 2 N–H and O–H groups in total. The van der Waals surface area contributed by atoms with Crippen LogP contribution < -0.4 is 5.73 Å². The van der Waals surface area contributed by atoms with Gasteiger partial charge in [0, 0.05) is 5.02 Å². The van der Waals surface area contributed by atoms with E-state index in [2.05, 4.69) is 0 Å². The van der Waals surface area contributed by atoms with Crippen molar-refractivity contribution >= 4 is 23.6 Å². The summed E-state index contributed by atoms with van der Waals surface area (Å²) >= 11 is 5.72. The lowest BCUT2D eigenvalue weighted by atomic mass is 10.1. The third kappa shape index (κ3) is 2.61. The Balaban J connectivity index is 3.08. The molecule has 0 fully saturated rings. The van der Waals surface area contributed by atoms with Crippen molar-refractivity contribution in [2.75, 3.05) is 0 Å². The van der Waals surface area contributed by atoms with Crippen LogP contribution >= 0.6 is 11.6 Å². The highest BCUT2D eigenvalue weighted by Crippen LogP contribution is 2.13. The SMILES string of the molecule is N#C/C(=C\c1cccc(Cl)c1)C(N)=O. The van der Waals surface area contributed by atoms with Gasteiger partial charge in [-0.05, 0) is 23.8 Å². The Labute approximate surface area is 86.4 Å². The number of nitriles is 1. The highest BCUT2D eigenvalue weighted by Gasteiger charge is 2.02. The average molecular weight is 207 g/mol. The smallest absolute Gasteiger partial charge is 0.259 e. The zero-order valence-corrected chi connectivity index (χ0v) is 7.95. The fraction of sp³-hybridized carbons (Fsp3) is 0. The highest BCUT2D eigenvalue weighted by molar-refractivity contribution is 6.30. The Morgan fingerprint density at radius 1 is 1.57 bits per heavy atom. The van der Waals surface area contributed by atoms with E-state index < -0.39 is 5.91 Å². The van der Waals surface area contributed by atoms with Gasteiger partial charge in [0.2, 0.25) is 0 Å². The number of halogens is 1. The van der Waals surface area contributed by atoms with Crippen LogP contribution in [-0.2, 0) is 4.79 Å². The molecule has 1 rings (SSSR count). The first-order chi connectivity index (χ1) is 6.63. The number of nitrogens with two attached hydrogens (primary N) is 1. The molecule has 0 aliphatic heterocycles. The summed E-state index contributed by atoms with van der Waals surface area (Å²) in [6, 6.07) is 8.51. The van der Waals surface area contributed by atoms with Crippen LogP contribution in [0.5, 0.6) is 0 Å². The number of rotatable bonds is 2. The lowest BCUT2D eigenvalue weighted by Gasteiger charge is -1.95. The second kappa shape index (κ2) is 4.45. The van der Waals surface area contributed by atoms with Crippen LogP contribution in [0.4, 0.5) is 0 Å². The normalized spacial score (nSPS) is 10.7. The summed E-state index contributed by atoms with van der Waals surface area (Å²) in [5.41, 5.74) is 5.55. The maximum Gasteiger partial charge on any atom is 0.259 e. The summed E-state index contributed by atoms with van der Waals surface area (Å²) in [4.78, 5) is 10.7. The molecule has 0 atom stereocenters. The molecule has 0 saturated heterocycles. The van der Waals surface area contributed by atoms with Crippen molar-refractivity contribution in [2.24, 2.45) is 5.73 Å². The molecule has 70 valence electrons. The van der Waals surface area contributed by atoms with Crippen LogP contribution in [0.25, 0.3) is 6.08 Å². The Morgan fingerprint density at radius 2 is 2.29 bits per heavy atom. The minimum absolute atomic E-state index is 0.0905. The van der Waals surface area contributed by atoms with Crippen LogP contribution in [0.15, 0.2) is 29.8 Å². The Kier molecular flexibility index (Phi) is 3.27. The van der Waals surface area contributed by atoms with Gasteiger partial charge >= 0.3 is 0 Å². The van der Waals surface area contributed by atoms with Crippen LogP contribution in [-0.4, -0.2) is 5.91 Å². The van der Waals surface area contributed by atoms with Gasteiger partial charge in [0.25, 0.3) is 5.91 Å². The van der Waals surface area contributed by atoms with E-state index in [0.717, 1.165) is 0 Å². The molecule has 3 nitrogen and oxygen atoms in total. The molecule has 0 aliphatic carbocycles. The van der Waals surface area contributed by atoms with E-state index in [9.17, 15) is 4.79 Å². The van der Waals surface area contributed by atoms with Gasteiger partial charge in [-0.25, -0.2) is 0 Å². The predicted molar refractivity (Wildman–Crippen MR) is 54.2 cm³/mol. The Bertz CT molecular complexity index is 432. The predicted octanol–water partition coefficient (Wildman–Crippen LogP) is 1.73. The summed E-state index contributed by atoms with van der Waals surface area (Å²) < 4.78 is 0. The summed E-state index contributed by atoms with van der Waals surface area (Å²) in [6.45, 7) is 0. The standard InChI is InChI=1S/C10H7ClN2O/c11-9-3-1-2-7(5-9)4-8(6-12)10(13)14/h1-5H,(H2,13,14)/b8-4+. The summed E-state index contributed by atoms with van der Waals surface area (Å²) in [5, 5.41) is 9.12. The first-order valence-corrected chi connectivity index (χ1v) is 4.18. The monoisotopic (exact) mass is 206 g/mol. The Hall–Kier alpha value is -1.79. The molecule has 1 amide bonds. The molecule has 0 heterocycles. The van der Waals surface area contributed by atoms with Gasteiger partial charge in [-0.15, -0.1) is 0 Å². The summed E-state index contributed by atoms with van der Waals surface area (Å²) in [7, 11) is 0. The van der Waals surface area contributed by atoms with Gasteiger partial charge in [-0.1, -0.05) is 23.7 Å². The Morgan fingerprint density at radius 3 is 2.79 bits per heavy atom. The lowest BCUT2D eigenvalue weighted by molar-refractivity contribution is -0.114. The molecule has 0 spiro atoms. The van der Waals surface area contributed by atoms with E-state index in [4.69, 9.17) is 22.6 Å². The van der Waals surface area contributed by atoms with E-state index >= 15 is 0 Å². The lowest BCUT2D eigenvalue weighted by Crippen LogP contribution is -2.12. The van der Waals surface area contributed by atoms with Gasteiger partial charge in [0.15, 0.2) is 0 Å². The molecule has 1 aromatic carbocycles. The third-order valence-electron chi connectivity index (χ3n) is 1.55. The number of benzene rings is 1. The fourth-order valence-electron chi connectivity index (χ4n) is 0.922. The van der Waals surface area contributed by atoms with Gasteiger partial charge in [-0.2, -0.15) is 5.26 Å². The summed E-state index contributed by atoms with van der Waals surface area (Å²) in [6.07, 6.45) is 1.40. The number of carbonyl (C=O) groups excluding carboxylic acids is 1. The number of primary amides is 1.